The molecule has 0 fully saturated rings. The van der Waals surface area contributed by atoms with Crippen molar-refractivity contribution in [2.45, 2.75) is 0 Å². The fraction of sp³-hybridized carbons (Fsp3) is 0. The third-order valence-corrected chi connectivity index (χ3v) is 3.63. The lowest BCUT2D eigenvalue weighted by Crippen LogP contribution is -2.14. The van der Waals surface area contributed by atoms with Crippen LogP contribution in [0.5, 0.6) is 0 Å². The summed E-state index contributed by atoms with van der Waals surface area (Å²) < 4.78 is 1.05. The molecular formula is C12H9BrSi. The highest BCUT2D eigenvalue weighted by atomic mass is 79.9. The van der Waals surface area contributed by atoms with Crippen molar-refractivity contribution in [2.24, 2.45) is 0 Å². The molecular weight excluding hydrogens is 252 g/mol. The Morgan fingerprint density at radius 3 is 2.57 bits per heavy atom. The molecule has 2 aromatic rings. The molecule has 0 unspecified atom stereocenters. The van der Waals surface area contributed by atoms with Crippen molar-refractivity contribution in [3.05, 3.63) is 53.1 Å². The first kappa shape index (κ1) is 9.68. The van der Waals surface area contributed by atoms with E-state index in [-0.39, 0.29) is 0 Å². The number of hydrogen-bond acceptors (Lipinski definition) is 0. The minimum atomic E-state index is 0.637. The average Bonchev–Trinajstić information content (AvgIpc) is 2.18. The van der Waals surface area contributed by atoms with Crippen LogP contribution in [0, 0.1) is 0 Å². The van der Waals surface area contributed by atoms with Crippen molar-refractivity contribution < 1.29 is 0 Å². The minimum Gasteiger partial charge on any atom is -0.0931 e. The molecule has 0 spiro atoms. The van der Waals surface area contributed by atoms with E-state index in [2.05, 4.69) is 65.0 Å². The fourth-order valence-corrected chi connectivity index (χ4v) is 2.96. The van der Waals surface area contributed by atoms with Crippen molar-refractivity contribution in [1.82, 2.24) is 0 Å². The van der Waals surface area contributed by atoms with E-state index in [4.69, 9.17) is 0 Å². The molecule has 14 heavy (non-hydrogen) atoms. The molecule has 0 N–H and O–H groups in total. The van der Waals surface area contributed by atoms with Gasteiger partial charge >= 0.3 is 0 Å². The van der Waals surface area contributed by atoms with Gasteiger partial charge in [-0.05, 0) is 20.1 Å². The summed E-state index contributed by atoms with van der Waals surface area (Å²) in [5, 5.41) is 3.98. The predicted octanol–water partition coefficient (Wildman–Crippen LogP) is 3.04. The first-order valence-electron chi connectivity index (χ1n) is 4.36. The summed E-state index contributed by atoms with van der Waals surface area (Å²) in [7, 11) is 0.637. The molecule has 2 rings (SSSR count). The van der Waals surface area contributed by atoms with E-state index in [0.29, 0.717) is 9.52 Å². The van der Waals surface area contributed by atoms with Crippen LogP contribution in [0.1, 0.15) is 0 Å². The molecule has 0 heterocycles. The molecule has 68 valence electrons. The highest BCUT2D eigenvalue weighted by Gasteiger charge is 2.01. The first-order chi connectivity index (χ1) is 6.77. The molecule has 2 radical (unpaired) electrons. The SMILES string of the molecule is C=C(Br)[Si]c1cccc2ccccc12. The third-order valence-electron chi connectivity index (χ3n) is 2.06. The van der Waals surface area contributed by atoms with Crippen LogP contribution in [0.2, 0.25) is 0 Å². The lowest BCUT2D eigenvalue weighted by molar-refractivity contribution is 1.78. The van der Waals surface area contributed by atoms with Gasteiger partial charge in [-0.15, -0.1) is 0 Å². The number of fused-ring (bicyclic) bond motifs is 1. The second-order valence-electron chi connectivity index (χ2n) is 3.06. The Hall–Kier alpha value is -0.863. The maximum absolute atomic E-state index is 3.89. The van der Waals surface area contributed by atoms with Gasteiger partial charge in [0.25, 0.3) is 0 Å². The van der Waals surface area contributed by atoms with Crippen LogP contribution in [0.15, 0.2) is 53.1 Å². The molecule has 0 nitrogen and oxygen atoms in total. The molecule has 0 aliphatic rings. The molecule has 0 bridgehead atoms. The summed E-state index contributed by atoms with van der Waals surface area (Å²) in [5.41, 5.74) is 0. The van der Waals surface area contributed by atoms with Crippen LogP contribution in [-0.2, 0) is 0 Å². The summed E-state index contributed by atoms with van der Waals surface area (Å²) in [6.07, 6.45) is 0. The van der Waals surface area contributed by atoms with Gasteiger partial charge in [-0.2, -0.15) is 0 Å². The quantitative estimate of drug-likeness (QED) is 0.729. The van der Waals surface area contributed by atoms with Crippen LogP contribution >= 0.6 is 15.9 Å². The highest BCUT2D eigenvalue weighted by molar-refractivity contribution is 9.12. The lowest BCUT2D eigenvalue weighted by Gasteiger charge is -2.03. The van der Waals surface area contributed by atoms with Crippen LogP contribution < -0.4 is 5.19 Å². The molecule has 0 aliphatic heterocycles. The lowest BCUT2D eigenvalue weighted by atomic mass is 10.1. The van der Waals surface area contributed by atoms with Gasteiger partial charge in [-0.1, -0.05) is 65.0 Å². The summed E-state index contributed by atoms with van der Waals surface area (Å²) in [6, 6.07) is 14.8. The normalized spacial score (nSPS) is 10.4. The maximum atomic E-state index is 3.89. The Labute approximate surface area is 94.6 Å². The van der Waals surface area contributed by atoms with Gasteiger partial charge in [0, 0.05) is 0 Å². The Morgan fingerprint density at radius 2 is 1.79 bits per heavy atom. The third kappa shape index (κ3) is 1.96. The largest absolute Gasteiger partial charge is 0.131 e. The second kappa shape index (κ2) is 4.11. The Kier molecular flexibility index (Phi) is 2.84. The van der Waals surface area contributed by atoms with E-state index < -0.39 is 0 Å². The van der Waals surface area contributed by atoms with E-state index in [1.807, 2.05) is 0 Å². The molecule has 0 saturated carbocycles. The van der Waals surface area contributed by atoms with Gasteiger partial charge in [0.1, 0.15) is 9.52 Å². The molecule has 0 aliphatic carbocycles. The van der Waals surface area contributed by atoms with Crippen molar-refractivity contribution in [3.8, 4) is 0 Å². The smallest absolute Gasteiger partial charge is 0.0931 e. The van der Waals surface area contributed by atoms with Crippen molar-refractivity contribution in [2.75, 3.05) is 0 Å². The monoisotopic (exact) mass is 260 g/mol. The first-order valence-corrected chi connectivity index (χ1v) is 6.16. The Bertz CT molecular complexity index is 471. The van der Waals surface area contributed by atoms with Crippen molar-refractivity contribution in [3.63, 3.8) is 0 Å². The molecule has 2 aromatic carbocycles. The standard InChI is InChI=1S/C12H9BrSi/c1-9(13)14-12-8-4-6-10-5-2-3-7-11(10)12/h2-8H,1H2. The number of halogens is 1. The summed E-state index contributed by atoms with van der Waals surface area (Å²) >= 11 is 3.41. The van der Waals surface area contributed by atoms with E-state index in [0.717, 1.165) is 4.11 Å². The van der Waals surface area contributed by atoms with Crippen molar-refractivity contribution >= 4 is 41.4 Å². The molecule has 0 aromatic heterocycles. The van der Waals surface area contributed by atoms with Gasteiger partial charge in [0.05, 0.1) is 0 Å². The van der Waals surface area contributed by atoms with Gasteiger partial charge in [0.15, 0.2) is 0 Å². The average molecular weight is 261 g/mol. The molecule has 2 heteroatoms. The Balaban J connectivity index is 2.59. The van der Waals surface area contributed by atoms with Gasteiger partial charge in [-0.25, -0.2) is 0 Å². The number of benzene rings is 2. The van der Waals surface area contributed by atoms with Crippen LogP contribution in [0.25, 0.3) is 10.8 Å². The topological polar surface area (TPSA) is 0 Å². The van der Waals surface area contributed by atoms with E-state index >= 15 is 0 Å². The van der Waals surface area contributed by atoms with Crippen LogP contribution in [0.3, 0.4) is 0 Å². The Morgan fingerprint density at radius 1 is 1.07 bits per heavy atom. The van der Waals surface area contributed by atoms with Crippen LogP contribution in [-0.4, -0.2) is 9.52 Å². The minimum absolute atomic E-state index is 0.637. The second-order valence-corrected chi connectivity index (χ2v) is 6.14. The summed E-state index contributed by atoms with van der Waals surface area (Å²) in [6.45, 7) is 3.89. The zero-order valence-corrected chi connectivity index (χ0v) is 10.2. The summed E-state index contributed by atoms with van der Waals surface area (Å²) in [5.74, 6) is 0. The predicted molar refractivity (Wildman–Crippen MR) is 67.4 cm³/mol. The van der Waals surface area contributed by atoms with Gasteiger partial charge in [-0.3, -0.25) is 0 Å². The van der Waals surface area contributed by atoms with Crippen molar-refractivity contribution in [1.29, 1.82) is 0 Å². The highest BCUT2D eigenvalue weighted by Crippen LogP contribution is 2.11. The zero-order chi connectivity index (χ0) is 9.97. The molecule has 0 atom stereocenters. The van der Waals surface area contributed by atoms with Gasteiger partial charge < -0.3 is 0 Å². The maximum Gasteiger partial charge on any atom is 0.131 e. The van der Waals surface area contributed by atoms with E-state index in [1.165, 1.54) is 16.0 Å². The van der Waals surface area contributed by atoms with Crippen LogP contribution in [0.4, 0.5) is 0 Å². The molecule has 0 saturated heterocycles. The van der Waals surface area contributed by atoms with E-state index in [1.54, 1.807) is 0 Å². The summed E-state index contributed by atoms with van der Waals surface area (Å²) in [4.78, 5) is 0. The number of rotatable bonds is 2. The van der Waals surface area contributed by atoms with Gasteiger partial charge in [0.2, 0.25) is 0 Å². The zero-order valence-electron chi connectivity index (χ0n) is 7.63. The molecule has 0 amide bonds. The number of hydrogen-bond donors (Lipinski definition) is 0. The van der Waals surface area contributed by atoms with E-state index in [9.17, 15) is 0 Å². The fourth-order valence-electron chi connectivity index (χ4n) is 1.48.